The highest BCUT2D eigenvalue weighted by atomic mass is 19.1. The zero-order chi connectivity index (χ0) is 23.0. The summed E-state index contributed by atoms with van der Waals surface area (Å²) in [6, 6.07) is 21.1. The Morgan fingerprint density at radius 1 is 0.939 bits per heavy atom. The number of nitrogens with zero attached hydrogens (tertiary/aromatic N) is 1. The molecule has 4 nitrogen and oxygen atoms in total. The number of nitrogens with one attached hydrogen (secondary N) is 1. The van der Waals surface area contributed by atoms with Crippen LogP contribution in [0.4, 0.5) is 8.78 Å². The molecule has 4 aromatic rings. The molecule has 0 bridgehead atoms. The van der Waals surface area contributed by atoms with E-state index >= 15 is 0 Å². The van der Waals surface area contributed by atoms with Crippen molar-refractivity contribution in [2.45, 2.75) is 13.5 Å². The van der Waals surface area contributed by atoms with E-state index in [0.29, 0.717) is 13.2 Å². The fourth-order valence-corrected chi connectivity index (χ4v) is 3.41. The van der Waals surface area contributed by atoms with Gasteiger partial charge in [-0.15, -0.1) is 0 Å². The predicted octanol–water partition coefficient (Wildman–Crippen LogP) is 6.04. The number of para-hydroxylation sites is 1. The van der Waals surface area contributed by atoms with Gasteiger partial charge in [0.05, 0.1) is 11.2 Å². The van der Waals surface area contributed by atoms with Crippen molar-refractivity contribution in [1.82, 2.24) is 10.3 Å². The first-order valence-electron chi connectivity index (χ1n) is 10.7. The van der Waals surface area contributed by atoms with Crippen molar-refractivity contribution in [3.8, 4) is 11.5 Å². The molecular formula is C27H24F2N2O2. The van der Waals surface area contributed by atoms with Crippen LogP contribution in [0.2, 0.25) is 0 Å². The average Bonchev–Trinajstić information content (AvgIpc) is 2.83. The van der Waals surface area contributed by atoms with Crippen LogP contribution in [0.15, 0.2) is 79.0 Å². The third kappa shape index (κ3) is 5.66. The molecule has 0 saturated heterocycles. The Balaban J connectivity index is 1.42. The molecule has 0 fully saturated rings. The van der Waals surface area contributed by atoms with Crippen LogP contribution in [0.25, 0.3) is 17.0 Å². The first-order chi connectivity index (χ1) is 16.1. The van der Waals surface area contributed by atoms with Gasteiger partial charge in [0.15, 0.2) is 11.6 Å². The second kappa shape index (κ2) is 10.6. The van der Waals surface area contributed by atoms with Crippen LogP contribution in [0, 0.1) is 18.6 Å². The molecule has 0 unspecified atom stereocenters. The average molecular weight is 446 g/mol. The van der Waals surface area contributed by atoms with Crippen molar-refractivity contribution < 1.29 is 18.3 Å². The zero-order valence-corrected chi connectivity index (χ0v) is 18.2. The van der Waals surface area contributed by atoms with Gasteiger partial charge in [0.1, 0.15) is 24.8 Å². The molecule has 0 amide bonds. The largest absolute Gasteiger partial charge is 0.489 e. The summed E-state index contributed by atoms with van der Waals surface area (Å²) in [5.41, 5.74) is 3.66. The van der Waals surface area contributed by atoms with E-state index in [1.165, 1.54) is 6.07 Å². The van der Waals surface area contributed by atoms with Crippen molar-refractivity contribution in [1.29, 1.82) is 0 Å². The standard InChI is InChI=1S/C27H24F2N2O2/c1-19-24(13-14-30-15-16-32-26-12-11-21(28)17-23(26)29)31-25-10-6-5-9-22(25)27(19)33-18-20-7-3-2-4-8-20/h2-14,17,30H,15-16,18H2,1H3/b14-13+. The summed E-state index contributed by atoms with van der Waals surface area (Å²) in [7, 11) is 0. The molecular weight excluding hydrogens is 422 g/mol. The van der Waals surface area contributed by atoms with E-state index in [2.05, 4.69) is 5.32 Å². The molecule has 0 aliphatic heterocycles. The lowest BCUT2D eigenvalue weighted by Gasteiger charge is -2.14. The van der Waals surface area contributed by atoms with Crippen LogP contribution in [-0.4, -0.2) is 18.1 Å². The number of hydrogen-bond donors (Lipinski definition) is 1. The number of ether oxygens (including phenoxy) is 2. The first-order valence-corrected chi connectivity index (χ1v) is 10.7. The van der Waals surface area contributed by atoms with Crippen LogP contribution in [0.3, 0.4) is 0 Å². The summed E-state index contributed by atoms with van der Waals surface area (Å²) in [5.74, 6) is -0.524. The Morgan fingerprint density at radius 2 is 1.73 bits per heavy atom. The van der Waals surface area contributed by atoms with Gasteiger partial charge in [-0.3, -0.25) is 0 Å². The molecule has 0 radical (unpaired) electrons. The van der Waals surface area contributed by atoms with E-state index in [-0.39, 0.29) is 12.4 Å². The smallest absolute Gasteiger partial charge is 0.167 e. The highest BCUT2D eigenvalue weighted by Gasteiger charge is 2.12. The molecule has 3 aromatic carbocycles. The van der Waals surface area contributed by atoms with Gasteiger partial charge in [-0.05, 0) is 49.0 Å². The van der Waals surface area contributed by atoms with Crippen LogP contribution in [0.1, 0.15) is 16.8 Å². The normalized spacial score (nSPS) is 11.1. The summed E-state index contributed by atoms with van der Waals surface area (Å²) in [6.45, 7) is 3.12. The molecule has 0 atom stereocenters. The Bertz CT molecular complexity index is 1260. The lowest BCUT2D eigenvalue weighted by atomic mass is 10.1. The molecule has 1 heterocycles. The van der Waals surface area contributed by atoms with E-state index < -0.39 is 11.6 Å². The molecule has 0 aliphatic rings. The van der Waals surface area contributed by atoms with Crippen molar-refractivity contribution >= 4 is 17.0 Å². The molecule has 1 N–H and O–H groups in total. The Morgan fingerprint density at radius 3 is 2.55 bits per heavy atom. The second-order valence-corrected chi connectivity index (χ2v) is 7.45. The summed E-state index contributed by atoms with van der Waals surface area (Å²) in [5, 5.41) is 4.07. The maximum absolute atomic E-state index is 13.6. The molecule has 33 heavy (non-hydrogen) atoms. The molecule has 6 heteroatoms. The Hall–Kier alpha value is -3.93. The van der Waals surface area contributed by atoms with Gasteiger partial charge in [0.2, 0.25) is 0 Å². The fraction of sp³-hybridized carbons (Fsp3) is 0.148. The molecule has 0 aliphatic carbocycles. The SMILES string of the molecule is Cc1c(/C=C/NCCOc2ccc(F)cc2F)nc2ccccc2c1OCc1ccccc1. The molecule has 168 valence electrons. The molecule has 0 saturated carbocycles. The summed E-state index contributed by atoms with van der Waals surface area (Å²) in [6.07, 6.45) is 3.64. The minimum absolute atomic E-state index is 0.0226. The number of fused-ring (bicyclic) bond motifs is 1. The van der Waals surface area contributed by atoms with Gasteiger partial charge >= 0.3 is 0 Å². The highest BCUT2D eigenvalue weighted by Crippen LogP contribution is 2.31. The highest BCUT2D eigenvalue weighted by molar-refractivity contribution is 5.88. The monoisotopic (exact) mass is 446 g/mol. The van der Waals surface area contributed by atoms with Crippen LogP contribution < -0.4 is 14.8 Å². The van der Waals surface area contributed by atoms with Crippen LogP contribution in [-0.2, 0) is 6.61 Å². The number of rotatable bonds is 9. The van der Waals surface area contributed by atoms with E-state index in [1.54, 1.807) is 6.20 Å². The quantitative estimate of drug-likeness (QED) is 0.318. The van der Waals surface area contributed by atoms with Crippen LogP contribution in [0.5, 0.6) is 11.5 Å². The number of benzene rings is 3. The first kappa shape index (κ1) is 22.3. The Labute approximate surface area is 191 Å². The van der Waals surface area contributed by atoms with Gasteiger partial charge in [-0.25, -0.2) is 13.8 Å². The summed E-state index contributed by atoms with van der Waals surface area (Å²) in [4.78, 5) is 4.75. The van der Waals surface area contributed by atoms with E-state index in [0.717, 1.165) is 45.6 Å². The fourth-order valence-electron chi connectivity index (χ4n) is 3.41. The zero-order valence-electron chi connectivity index (χ0n) is 18.2. The maximum Gasteiger partial charge on any atom is 0.167 e. The summed E-state index contributed by atoms with van der Waals surface area (Å²) >= 11 is 0. The second-order valence-electron chi connectivity index (χ2n) is 7.45. The number of pyridine rings is 1. The van der Waals surface area contributed by atoms with Gasteiger partial charge in [-0.2, -0.15) is 0 Å². The van der Waals surface area contributed by atoms with Gasteiger partial charge in [0, 0.05) is 23.6 Å². The number of hydrogen-bond acceptors (Lipinski definition) is 4. The van der Waals surface area contributed by atoms with E-state index in [4.69, 9.17) is 14.5 Å². The molecule has 1 aromatic heterocycles. The Kier molecular flexibility index (Phi) is 7.15. The number of halogens is 2. The van der Waals surface area contributed by atoms with Crippen molar-refractivity contribution in [3.05, 3.63) is 107 Å². The third-order valence-electron chi connectivity index (χ3n) is 5.10. The molecule has 4 rings (SSSR count). The van der Waals surface area contributed by atoms with Crippen LogP contribution >= 0.6 is 0 Å². The minimum atomic E-state index is -0.718. The van der Waals surface area contributed by atoms with E-state index in [9.17, 15) is 8.78 Å². The van der Waals surface area contributed by atoms with Crippen molar-refractivity contribution in [2.24, 2.45) is 0 Å². The molecule has 0 spiro atoms. The predicted molar refractivity (Wildman–Crippen MR) is 126 cm³/mol. The minimum Gasteiger partial charge on any atom is -0.489 e. The van der Waals surface area contributed by atoms with Crippen molar-refractivity contribution in [2.75, 3.05) is 13.2 Å². The van der Waals surface area contributed by atoms with Gasteiger partial charge in [0.25, 0.3) is 0 Å². The summed E-state index contributed by atoms with van der Waals surface area (Å²) < 4.78 is 38.1. The van der Waals surface area contributed by atoms with Gasteiger partial charge in [-0.1, -0.05) is 42.5 Å². The maximum atomic E-state index is 13.6. The topological polar surface area (TPSA) is 43.4 Å². The number of aromatic nitrogens is 1. The lowest BCUT2D eigenvalue weighted by molar-refractivity contribution is 0.303. The van der Waals surface area contributed by atoms with E-state index in [1.807, 2.05) is 67.6 Å². The lowest BCUT2D eigenvalue weighted by Crippen LogP contribution is -2.15. The third-order valence-corrected chi connectivity index (χ3v) is 5.10. The van der Waals surface area contributed by atoms with Crippen molar-refractivity contribution in [3.63, 3.8) is 0 Å². The van der Waals surface area contributed by atoms with Gasteiger partial charge < -0.3 is 14.8 Å².